The molecular weight excluding hydrogens is 393 g/mol. The lowest BCUT2D eigenvalue weighted by Gasteiger charge is -2.28. The zero-order valence-electron chi connectivity index (χ0n) is 16.4. The van der Waals surface area contributed by atoms with Crippen molar-refractivity contribution in [3.05, 3.63) is 70.8 Å². The molecule has 1 aromatic heterocycles. The summed E-state index contributed by atoms with van der Waals surface area (Å²) in [4.78, 5) is 19.1. The van der Waals surface area contributed by atoms with Gasteiger partial charge in [0.05, 0.1) is 6.42 Å². The van der Waals surface area contributed by atoms with Crippen molar-refractivity contribution in [3.8, 4) is 11.4 Å². The number of hydrogen-bond donors (Lipinski definition) is 0. The molecule has 3 rings (SSSR count). The maximum Gasteiger partial charge on any atom is 0.228 e. The van der Waals surface area contributed by atoms with E-state index in [0.29, 0.717) is 29.7 Å². The first-order valence-electron chi connectivity index (χ1n) is 9.58. The largest absolute Gasteiger partial charge is 0.339 e. The van der Waals surface area contributed by atoms with Crippen LogP contribution >= 0.6 is 11.6 Å². The molecule has 0 unspecified atom stereocenters. The minimum atomic E-state index is -0.312. The Balaban J connectivity index is 1.65. The normalized spacial score (nSPS) is 12.0. The van der Waals surface area contributed by atoms with E-state index in [1.54, 1.807) is 24.3 Å². The molecule has 0 aliphatic carbocycles. The number of benzene rings is 2. The summed E-state index contributed by atoms with van der Waals surface area (Å²) in [5, 5.41) is 4.65. The average molecular weight is 416 g/mol. The lowest BCUT2D eigenvalue weighted by Crippen LogP contribution is -2.40. The number of carbonyl (C=O) groups excluding carboxylic acids is 1. The quantitative estimate of drug-likeness (QED) is 0.522. The Kier molecular flexibility index (Phi) is 6.99. The van der Waals surface area contributed by atoms with E-state index in [4.69, 9.17) is 16.1 Å². The molecule has 0 fully saturated rings. The van der Waals surface area contributed by atoms with Crippen LogP contribution in [0.3, 0.4) is 0 Å². The predicted molar refractivity (Wildman–Crippen MR) is 110 cm³/mol. The van der Waals surface area contributed by atoms with Gasteiger partial charge in [-0.05, 0) is 55.3 Å². The van der Waals surface area contributed by atoms with Crippen molar-refractivity contribution in [2.45, 2.75) is 39.2 Å². The van der Waals surface area contributed by atoms with E-state index < -0.39 is 0 Å². The molecule has 7 heteroatoms. The van der Waals surface area contributed by atoms with E-state index in [1.165, 1.54) is 12.1 Å². The Bertz CT molecular complexity index is 941. The van der Waals surface area contributed by atoms with Crippen LogP contribution in [0.15, 0.2) is 53.1 Å². The third-order valence-corrected chi connectivity index (χ3v) is 5.10. The van der Waals surface area contributed by atoms with Crippen LogP contribution in [0.1, 0.15) is 31.7 Å². The van der Waals surface area contributed by atoms with Gasteiger partial charge in [0.2, 0.25) is 17.6 Å². The highest BCUT2D eigenvalue weighted by Gasteiger charge is 2.20. The van der Waals surface area contributed by atoms with Gasteiger partial charge in [-0.3, -0.25) is 4.79 Å². The fourth-order valence-electron chi connectivity index (χ4n) is 2.98. The van der Waals surface area contributed by atoms with Crippen molar-refractivity contribution in [1.29, 1.82) is 0 Å². The zero-order valence-corrected chi connectivity index (χ0v) is 17.2. The van der Waals surface area contributed by atoms with Gasteiger partial charge in [-0.1, -0.05) is 35.8 Å². The van der Waals surface area contributed by atoms with Crippen LogP contribution in [0.2, 0.25) is 5.02 Å². The maximum atomic E-state index is 13.1. The average Bonchev–Trinajstić information content (AvgIpc) is 3.19. The van der Waals surface area contributed by atoms with Gasteiger partial charge in [-0.15, -0.1) is 0 Å². The summed E-state index contributed by atoms with van der Waals surface area (Å²) in [6.45, 7) is 4.51. The molecule has 1 heterocycles. The number of rotatable bonds is 8. The Morgan fingerprint density at radius 3 is 2.52 bits per heavy atom. The van der Waals surface area contributed by atoms with Crippen molar-refractivity contribution < 1.29 is 13.7 Å². The van der Waals surface area contributed by atoms with Crippen molar-refractivity contribution in [2.75, 3.05) is 6.54 Å². The second kappa shape index (κ2) is 9.65. The van der Waals surface area contributed by atoms with Crippen LogP contribution in [-0.2, 0) is 17.6 Å². The number of aromatic nitrogens is 2. The number of amides is 1. The predicted octanol–water partition coefficient (Wildman–Crippen LogP) is 4.94. The molecule has 0 aliphatic heterocycles. The van der Waals surface area contributed by atoms with Crippen LogP contribution in [0, 0.1) is 5.82 Å². The van der Waals surface area contributed by atoms with E-state index in [0.717, 1.165) is 17.5 Å². The first kappa shape index (κ1) is 21.0. The molecule has 152 valence electrons. The summed E-state index contributed by atoms with van der Waals surface area (Å²) >= 11 is 5.91. The van der Waals surface area contributed by atoms with Crippen molar-refractivity contribution in [2.24, 2.45) is 0 Å². The lowest BCUT2D eigenvalue weighted by molar-refractivity contribution is -0.132. The molecule has 0 N–H and O–H groups in total. The van der Waals surface area contributed by atoms with Crippen LogP contribution in [0.25, 0.3) is 11.4 Å². The summed E-state index contributed by atoms with van der Waals surface area (Å²) in [6.07, 6.45) is 1.51. The summed E-state index contributed by atoms with van der Waals surface area (Å²) in [6, 6.07) is 13.3. The minimum Gasteiger partial charge on any atom is -0.339 e. The molecular formula is C22H23ClFN3O2. The number of nitrogens with zero attached hydrogens (tertiary/aromatic N) is 3. The van der Waals surface area contributed by atoms with Crippen LogP contribution in [0.5, 0.6) is 0 Å². The van der Waals surface area contributed by atoms with Gasteiger partial charge in [0.15, 0.2) is 0 Å². The lowest BCUT2D eigenvalue weighted by atomic mass is 10.1. The highest BCUT2D eigenvalue weighted by molar-refractivity contribution is 6.30. The molecule has 1 atom stereocenters. The second-order valence-corrected chi connectivity index (χ2v) is 7.35. The number of hydrogen-bond acceptors (Lipinski definition) is 4. The molecule has 0 saturated carbocycles. The SMILES string of the molecule is CC[C@H](C)N(CCc1nc(-c2ccc(Cl)cc2)no1)C(=O)Cc1ccc(F)cc1. The molecule has 5 nitrogen and oxygen atoms in total. The van der Waals surface area contributed by atoms with Gasteiger partial charge < -0.3 is 9.42 Å². The molecule has 2 aromatic carbocycles. The van der Waals surface area contributed by atoms with Gasteiger partial charge in [-0.25, -0.2) is 4.39 Å². The Morgan fingerprint density at radius 2 is 1.86 bits per heavy atom. The van der Waals surface area contributed by atoms with E-state index in [2.05, 4.69) is 10.1 Å². The summed E-state index contributed by atoms with van der Waals surface area (Å²) < 4.78 is 18.4. The number of carbonyl (C=O) groups is 1. The van der Waals surface area contributed by atoms with Crippen molar-refractivity contribution in [1.82, 2.24) is 15.0 Å². The van der Waals surface area contributed by atoms with Gasteiger partial charge in [0.1, 0.15) is 5.82 Å². The van der Waals surface area contributed by atoms with Gasteiger partial charge >= 0.3 is 0 Å². The van der Waals surface area contributed by atoms with Crippen LogP contribution in [-0.4, -0.2) is 33.5 Å². The first-order valence-corrected chi connectivity index (χ1v) is 9.96. The van der Waals surface area contributed by atoms with E-state index in [9.17, 15) is 9.18 Å². The summed E-state index contributed by atoms with van der Waals surface area (Å²) in [5.74, 6) is 0.637. The molecule has 0 bridgehead atoms. The van der Waals surface area contributed by atoms with Crippen molar-refractivity contribution >= 4 is 17.5 Å². The molecule has 0 saturated heterocycles. The van der Waals surface area contributed by atoms with E-state index in [-0.39, 0.29) is 24.2 Å². The van der Waals surface area contributed by atoms with Gasteiger partial charge in [-0.2, -0.15) is 4.98 Å². The Labute approximate surface area is 174 Å². The third-order valence-electron chi connectivity index (χ3n) is 4.85. The summed E-state index contributed by atoms with van der Waals surface area (Å²) in [7, 11) is 0. The molecule has 1 amide bonds. The molecule has 0 spiro atoms. The fraction of sp³-hybridized carbons (Fsp3) is 0.318. The highest BCUT2D eigenvalue weighted by Crippen LogP contribution is 2.19. The standard InChI is InChI=1S/C22H23ClFN3O2/c1-3-15(2)27(21(28)14-16-4-10-19(24)11-5-16)13-12-20-25-22(26-29-20)17-6-8-18(23)9-7-17/h4-11,15H,3,12-14H2,1-2H3/t15-/m0/s1. The maximum absolute atomic E-state index is 13.1. The second-order valence-electron chi connectivity index (χ2n) is 6.92. The van der Waals surface area contributed by atoms with Gasteiger partial charge in [0.25, 0.3) is 0 Å². The molecule has 0 radical (unpaired) electrons. The van der Waals surface area contributed by atoms with Crippen LogP contribution in [0.4, 0.5) is 4.39 Å². The van der Waals surface area contributed by atoms with E-state index in [1.807, 2.05) is 30.9 Å². The molecule has 0 aliphatic rings. The molecule has 3 aromatic rings. The minimum absolute atomic E-state index is 0.0107. The van der Waals surface area contributed by atoms with Gasteiger partial charge in [0, 0.05) is 29.6 Å². The monoisotopic (exact) mass is 415 g/mol. The first-order chi connectivity index (χ1) is 14.0. The van der Waals surface area contributed by atoms with Crippen LogP contribution < -0.4 is 0 Å². The fourth-order valence-corrected chi connectivity index (χ4v) is 3.10. The smallest absolute Gasteiger partial charge is 0.228 e. The Morgan fingerprint density at radius 1 is 1.17 bits per heavy atom. The van der Waals surface area contributed by atoms with Crippen molar-refractivity contribution in [3.63, 3.8) is 0 Å². The Hall–Kier alpha value is -2.73. The molecule has 29 heavy (non-hydrogen) atoms. The number of halogens is 2. The highest BCUT2D eigenvalue weighted by atomic mass is 35.5. The zero-order chi connectivity index (χ0) is 20.8. The topological polar surface area (TPSA) is 59.2 Å². The van der Waals surface area contributed by atoms with E-state index >= 15 is 0 Å². The summed E-state index contributed by atoms with van der Waals surface area (Å²) in [5.41, 5.74) is 1.60. The third kappa shape index (κ3) is 5.64.